The number of carbonyl (C=O) groups is 1. The van der Waals surface area contributed by atoms with E-state index < -0.39 is 0 Å². The summed E-state index contributed by atoms with van der Waals surface area (Å²) in [6.45, 7) is 9.93. The molecular weight excluding hydrogens is 357 g/mol. The van der Waals surface area contributed by atoms with Gasteiger partial charge in [-0.3, -0.25) is 9.69 Å². The Morgan fingerprint density at radius 3 is 2.87 bits per heavy atom. The monoisotopic (exact) mass is 387 g/mol. The standard InChI is InChI=1S/C15H29N3O2S.2ClH/c1-12(2)9-18-4-5-20-14(10-18)8-17-15(19)7-13-11-21-6-3-16-13;;/h12-14,16H,3-11H2,1-2H3,(H,17,19);2*1H. The molecule has 5 nitrogen and oxygen atoms in total. The zero-order valence-corrected chi connectivity index (χ0v) is 16.5. The number of carbonyl (C=O) groups excluding carboxylic acids is 1. The van der Waals surface area contributed by atoms with Crippen LogP contribution in [0.1, 0.15) is 20.3 Å². The highest BCUT2D eigenvalue weighted by molar-refractivity contribution is 7.99. The van der Waals surface area contributed by atoms with Crippen LogP contribution in [0.3, 0.4) is 0 Å². The Bertz CT molecular complexity index is 332. The second-order valence-electron chi connectivity index (χ2n) is 6.38. The van der Waals surface area contributed by atoms with Gasteiger partial charge in [0.15, 0.2) is 0 Å². The van der Waals surface area contributed by atoms with Crippen molar-refractivity contribution in [2.75, 3.05) is 50.8 Å². The van der Waals surface area contributed by atoms with Crippen molar-refractivity contribution >= 4 is 42.5 Å². The molecule has 2 saturated heterocycles. The molecule has 0 bridgehead atoms. The predicted molar refractivity (Wildman–Crippen MR) is 102 cm³/mol. The van der Waals surface area contributed by atoms with E-state index in [2.05, 4.69) is 29.4 Å². The van der Waals surface area contributed by atoms with Gasteiger partial charge in [-0.15, -0.1) is 24.8 Å². The van der Waals surface area contributed by atoms with Crippen LogP contribution in [0.2, 0.25) is 0 Å². The number of amides is 1. The highest BCUT2D eigenvalue weighted by Crippen LogP contribution is 2.10. The van der Waals surface area contributed by atoms with Crippen LogP contribution in [0.15, 0.2) is 0 Å². The van der Waals surface area contributed by atoms with Crippen molar-refractivity contribution in [2.24, 2.45) is 5.92 Å². The van der Waals surface area contributed by atoms with Gasteiger partial charge in [0.25, 0.3) is 0 Å². The molecule has 0 aliphatic carbocycles. The Labute approximate surface area is 156 Å². The average Bonchev–Trinajstić information content (AvgIpc) is 2.46. The number of ether oxygens (including phenoxy) is 1. The summed E-state index contributed by atoms with van der Waals surface area (Å²) in [5.74, 6) is 3.00. The SMILES string of the molecule is CC(C)CN1CCOC(CNC(=O)CC2CSCCN2)C1.Cl.Cl. The quantitative estimate of drug-likeness (QED) is 0.721. The number of rotatable bonds is 6. The summed E-state index contributed by atoms with van der Waals surface area (Å²) in [6.07, 6.45) is 0.713. The van der Waals surface area contributed by atoms with E-state index in [1.807, 2.05) is 11.8 Å². The van der Waals surface area contributed by atoms with Gasteiger partial charge >= 0.3 is 0 Å². The van der Waals surface area contributed by atoms with Crippen molar-refractivity contribution in [1.82, 2.24) is 15.5 Å². The van der Waals surface area contributed by atoms with Gasteiger partial charge in [0.1, 0.15) is 0 Å². The van der Waals surface area contributed by atoms with Crippen LogP contribution in [0.25, 0.3) is 0 Å². The van der Waals surface area contributed by atoms with Gasteiger partial charge in [0.05, 0.1) is 12.7 Å². The van der Waals surface area contributed by atoms with Crippen molar-refractivity contribution in [3.05, 3.63) is 0 Å². The summed E-state index contributed by atoms with van der Waals surface area (Å²) in [7, 11) is 0. The molecule has 2 rings (SSSR count). The molecule has 138 valence electrons. The first-order chi connectivity index (χ1) is 10.1. The number of nitrogens with one attached hydrogen (secondary N) is 2. The second kappa shape index (κ2) is 12.6. The van der Waals surface area contributed by atoms with E-state index >= 15 is 0 Å². The molecule has 2 fully saturated rings. The zero-order chi connectivity index (χ0) is 15.1. The van der Waals surface area contributed by atoms with Crippen LogP contribution in [-0.4, -0.2) is 73.8 Å². The van der Waals surface area contributed by atoms with Crippen LogP contribution < -0.4 is 10.6 Å². The predicted octanol–water partition coefficient (Wildman–Crippen LogP) is 1.40. The van der Waals surface area contributed by atoms with Gasteiger partial charge in [-0.05, 0) is 5.92 Å². The third-order valence-electron chi connectivity index (χ3n) is 3.80. The summed E-state index contributed by atoms with van der Waals surface area (Å²) < 4.78 is 5.75. The zero-order valence-electron chi connectivity index (χ0n) is 14.1. The lowest BCUT2D eigenvalue weighted by atomic mass is 10.1. The van der Waals surface area contributed by atoms with Gasteiger partial charge < -0.3 is 15.4 Å². The molecule has 2 aliphatic rings. The van der Waals surface area contributed by atoms with E-state index in [-0.39, 0.29) is 36.8 Å². The minimum atomic E-state index is 0. The lowest BCUT2D eigenvalue weighted by molar-refractivity contribution is -0.122. The molecule has 2 heterocycles. The van der Waals surface area contributed by atoms with E-state index in [1.54, 1.807) is 0 Å². The van der Waals surface area contributed by atoms with Gasteiger partial charge in [0.2, 0.25) is 5.91 Å². The molecule has 2 aliphatic heterocycles. The maximum absolute atomic E-state index is 12.0. The fourth-order valence-corrected chi connectivity index (χ4v) is 3.81. The Morgan fingerprint density at radius 2 is 2.22 bits per heavy atom. The van der Waals surface area contributed by atoms with Crippen LogP contribution >= 0.6 is 36.6 Å². The highest BCUT2D eigenvalue weighted by atomic mass is 35.5. The lowest BCUT2D eigenvalue weighted by Gasteiger charge is -2.34. The molecule has 2 unspecified atom stereocenters. The fraction of sp³-hybridized carbons (Fsp3) is 0.933. The van der Waals surface area contributed by atoms with Crippen molar-refractivity contribution in [2.45, 2.75) is 32.4 Å². The largest absolute Gasteiger partial charge is 0.374 e. The molecule has 0 saturated carbocycles. The maximum Gasteiger partial charge on any atom is 0.221 e. The average molecular weight is 388 g/mol. The van der Waals surface area contributed by atoms with E-state index in [0.717, 1.165) is 44.3 Å². The smallest absolute Gasteiger partial charge is 0.221 e. The summed E-state index contributed by atoms with van der Waals surface area (Å²) in [4.78, 5) is 14.4. The number of hydrogen-bond donors (Lipinski definition) is 2. The molecule has 0 aromatic carbocycles. The van der Waals surface area contributed by atoms with E-state index in [0.29, 0.717) is 24.9 Å². The Kier molecular flexibility index (Phi) is 12.8. The Hall–Kier alpha value is 0.280. The Balaban J connectivity index is 0.00000242. The van der Waals surface area contributed by atoms with Crippen LogP contribution in [0, 0.1) is 5.92 Å². The van der Waals surface area contributed by atoms with Crippen molar-refractivity contribution < 1.29 is 9.53 Å². The van der Waals surface area contributed by atoms with E-state index in [1.165, 1.54) is 0 Å². The third kappa shape index (κ3) is 9.37. The van der Waals surface area contributed by atoms with E-state index in [9.17, 15) is 4.79 Å². The van der Waals surface area contributed by atoms with Crippen LogP contribution in [-0.2, 0) is 9.53 Å². The summed E-state index contributed by atoms with van der Waals surface area (Å²) >= 11 is 1.92. The van der Waals surface area contributed by atoms with Gasteiger partial charge in [-0.25, -0.2) is 0 Å². The van der Waals surface area contributed by atoms with Gasteiger partial charge in [-0.2, -0.15) is 11.8 Å². The number of morpholine rings is 1. The summed E-state index contributed by atoms with van der Waals surface area (Å²) in [5, 5.41) is 6.43. The molecule has 0 aromatic rings. The number of hydrogen-bond acceptors (Lipinski definition) is 5. The molecule has 8 heteroatoms. The molecule has 2 N–H and O–H groups in total. The second-order valence-corrected chi connectivity index (χ2v) is 7.53. The minimum absolute atomic E-state index is 0. The summed E-state index contributed by atoms with van der Waals surface area (Å²) in [5.41, 5.74) is 0. The number of thioether (sulfide) groups is 1. The maximum atomic E-state index is 12.0. The van der Waals surface area contributed by atoms with Crippen molar-refractivity contribution in [1.29, 1.82) is 0 Å². The molecule has 1 amide bonds. The van der Waals surface area contributed by atoms with Crippen molar-refractivity contribution in [3.8, 4) is 0 Å². The highest BCUT2D eigenvalue weighted by Gasteiger charge is 2.22. The van der Waals surface area contributed by atoms with E-state index in [4.69, 9.17) is 4.74 Å². The number of halogens is 2. The summed E-state index contributed by atoms with van der Waals surface area (Å²) in [6, 6.07) is 0.327. The minimum Gasteiger partial charge on any atom is -0.374 e. The topological polar surface area (TPSA) is 53.6 Å². The molecular formula is C15H31Cl2N3O2S. The molecule has 23 heavy (non-hydrogen) atoms. The molecule has 0 spiro atoms. The number of nitrogens with zero attached hydrogens (tertiary/aromatic N) is 1. The van der Waals surface area contributed by atoms with Gasteiger partial charge in [-0.1, -0.05) is 13.8 Å². The first kappa shape index (κ1) is 23.3. The Morgan fingerprint density at radius 1 is 1.43 bits per heavy atom. The first-order valence-electron chi connectivity index (χ1n) is 8.05. The van der Waals surface area contributed by atoms with Crippen LogP contribution in [0.4, 0.5) is 0 Å². The molecule has 0 radical (unpaired) electrons. The first-order valence-corrected chi connectivity index (χ1v) is 9.20. The third-order valence-corrected chi connectivity index (χ3v) is 4.93. The van der Waals surface area contributed by atoms with Crippen LogP contribution in [0.5, 0.6) is 0 Å². The molecule has 0 aromatic heterocycles. The fourth-order valence-electron chi connectivity index (χ4n) is 2.86. The van der Waals surface area contributed by atoms with Gasteiger partial charge in [0, 0.05) is 56.7 Å². The normalized spacial score (nSPS) is 25.3. The van der Waals surface area contributed by atoms with Crippen molar-refractivity contribution in [3.63, 3.8) is 0 Å². The molecule has 2 atom stereocenters. The lowest BCUT2D eigenvalue weighted by Crippen LogP contribution is -2.49.